The maximum absolute atomic E-state index is 2.46. The molecule has 2 heterocycles. The van der Waals surface area contributed by atoms with Crippen LogP contribution in [0.25, 0.3) is 121 Å². The van der Waals surface area contributed by atoms with E-state index in [1.165, 1.54) is 110 Å². The van der Waals surface area contributed by atoms with Crippen LogP contribution in [0.15, 0.2) is 243 Å². The summed E-state index contributed by atoms with van der Waals surface area (Å²) in [6.07, 6.45) is 2.24. The van der Waals surface area contributed by atoms with Crippen molar-refractivity contribution >= 4 is 65.0 Å². The first-order valence-corrected chi connectivity index (χ1v) is 22.1. The largest absolute Gasteiger partial charge is 0.316 e. The SMILES string of the molecule is c1ccc(-c2cc(-c3ccccc3)cc(-n3ccc4c3ccc3c5ccccc5n(-c5ccc(-c6ccc7c8ccc(-c9ccccc9)cc8c8ccccc8c7c6)cc5)c34)c2)cc1. The maximum atomic E-state index is 2.46. The van der Waals surface area contributed by atoms with E-state index in [0.717, 1.165) is 11.4 Å². The van der Waals surface area contributed by atoms with E-state index in [1.807, 2.05) is 0 Å². The summed E-state index contributed by atoms with van der Waals surface area (Å²) in [5.41, 5.74) is 15.5. The molecule has 13 rings (SSSR count). The lowest BCUT2D eigenvalue weighted by Gasteiger charge is -2.14. The van der Waals surface area contributed by atoms with Gasteiger partial charge >= 0.3 is 0 Å². The Morgan fingerprint density at radius 1 is 0.219 bits per heavy atom. The van der Waals surface area contributed by atoms with Gasteiger partial charge in [0.25, 0.3) is 0 Å². The van der Waals surface area contributed by atoms with Gasteiger partial charge in [-0.15, -0.1) is 0 Å². The Morgan fingerprint density at radius 2 is 0.672 bits per heavy atom. The average Bonchev–Trinajstić information content (AvgIpc) is 3.97. The molecule has 0 aliphatic rings. The van der Waals surface area contributed by atoms with Crippen molar-refractivity contribution in [3.63, 3.8) is 0 Å². The summed E-state index contributed by atoms with van der Waals surface area (Å²) in [6.45, 7) is 0. The highest BCUT2D eigenvalue weighted by molar-refractivity contribution is 6.26. The van der Waals surface area contributed by atoms with Crippen molar-refractivity contribution < 1.29 is 0 Å². The van der Waals surface area contributed by atoms with E-state index in [1.54, 1.807) is 0 Å². The Hall–Kier alpha value is -8.46. The average molecular weight is 813 g/mol. The molecule has 13 aromatic rings. The molecule has 11 aromatic carbocycles. The molecule has 2 nitrogen and oxygen atoms in total. The molecule has 0 fully saturated rings. The zero-order chi connectivity index (χ0) is 42.1. The predicted octanol–water partition coefficient (Wildman–Crippen LogP) is 16.9. The third-order valence-electron chi connectivity index (χ3n) is 13.3. The van der Waals surface area contributed by atoms with Gasteiger partial charge in [-0.25, -0.2) is 0 Å². The molecule has 0 N–H and O–H groups in total. The second kappa shape index (κ2) is 14.6. The van der Waals surface area contributed by atoms with Gasteiger partial charge in [0.05, 0.1) is 16.6 Å². The summed E-state index contributed by atoms with van der Waals surface area (Å²) in [5.74, 6) is 0. The fourth-order valence-corrected chi connectivity index (χ4v) is 10.3. The van der Waals surface area contributed by atoms with E-state index < -0.39 is 0 Å². The minimum atomic E-state index is 1.13. The number of hydrogen-bond donors (Lipinski definition) is 0. The van der Waals surface area contributed by atoms with Crippen LogP contribution in [0.4, 0.5) is 0 Å². The molecule has 2 aromatic heterocycles. The number of benzene rings is 11. The molecule has 2 heteroatoms. The topological polar surface area (TPSA) is 9.86 Å². The van der Waals surface area contributed by atoms with Crippen LogP contribution in [-0.2, 0) is 0 Å². The van der Waals surface area contributed by atoms with Crippen LogP contribution >= 0.6 is 0 Å². The van der Waals surface area contributed by atoms with Crippen LogP contribution in [-0.4, -0.2) is 9.13 Å². The zero-order valence-electron chi connectivity index (χ0n) is 35.0. The minimum absolute atomic E-state index is 1.13. The van der Waals surface area contributed by atoms with Crippen molar-refractivity contribution in [3.8, 4) is 55.9 Å². The Morgan fingerprint density at radius 3 is 1.25 bits per heavy atom. The molecule has 64 heavy (non-hydrogen) atoms. The van der Waals surface area contributed by atoms with Crippen LogP contribution in [0, 0.1) is 0 Å². The van der Waals surface area contributed by atoms with Crippen molar-refractivity contribution in [2.24, 2.45) is 0 Å². The van der Waals surface area contributed by atoms with Crippen LogP contribution in [0.5, 0.6) is 0 Å². The van der Waals surface area contributed by atoms with Gasteiger partial charge in [-0.3, -0.25) is 0 Å². The van der Waals surface area contributed by atoms with Crippen molar-refractivity contribution in [1.82, 2.24) is 9.13 Å². The van der Waals surface area contributed by atoms with Gasteiger partial charge in [0, 0.05) is 33.7 Å². The molecule has 0 atom stereocenters. The van der Waals surface area contributed by atoms with Gasteiger partial charge < -0.3 is 9.13 Å². The van der Waals surface area contributed by atoms with Gasteiger partial charge in [-0.2, -0.15) is 0 Å². The molecule has 0 aliphatic carbocycles. The quantitative estimate of drug-likeness (QED) is 0.148. The number of fused-ring (bicyclic) bond motifs is 11. The predicted molar refractivity (Wildman–Crippen MR) is 272 cm³/mol. The van der Waals surface area contributed by atoms with Gasteiger partial charge in [-0.05, 0) is 137 Å². The maximum Gasteiger partial charge on any atom is 0.0635 e. The van der Waals surface area contributed by atoms with Gasteiger partial charge in [0.1, 0.15) is 0 Å². The first-order chi connectivity index (χ1) is 31.7. The fraction of sp³-hybridized carbons (Fsp3) is 0. The van der Waals surface area contributed by atoms with Crippen LogP contribution in [0.1, 0.15) is 0 Å². The first kappa shape index (κ1) is 36.2. The molecule has 0 saturated heterocycles. The minimum Gasteiger partial charge on any atom is -0.316 e. The highest BCUT2D eigenvalue weighted by atomic mass is 15.0. The Balaban J connectivity index is 0.937. The van der Waals surface area contributed by atoms with Crippen molar-refractivity contribution in [1.29, 1.82) is 0 Å². The summed E-state index contributed by atoms with van der Waals surface area (Å²) in [4.78, 5) is 0. The van der Waals surface area contributed by atoms with Gasteiger partial charge in [-0.1, -0.05) is 176 Å². The molecule has 0 aliphatic heterocycles. The standard InChI is InChI=1S/C62H40N2/c1-4-14-41(15-5-1)45-26-30-53-54-31-27-46(40-59(54)52-21-11-10-20-51(52)58(53)39-45)44-24-28-49(29-25-44)64-61-23-13-12-22-55(61)56-32-33-60-57(62(56)64)34-35-63(60)50-37-47(42-16-6-2-7-17-42)36-48(38-50)43-18-8-3-9-19-43/h1-40H. The number of aromatic nitrogens is 2. The molecular formula is C62H40N2. The third kappa shape index (κ3) is 5.81. The number of para-hydroxylation sites is 1. The van der Waals surface area contributed by atoms with E-state index in [4.69, 9.17) is 0 Å². The van der Waals surface area contributed by atoms with Crippen LogP contribution in [0.3, 0.4) is 0 Å². The molecule has 0 spiro atoms. The number of rotatable bonds is 6. The monoisotopic (exact) mass is 812 g/mol. The van der Waals surface area contributed by atoms with E-state index in [9.17, 15) is 0 Å². The highest BCUT2D eigenvalue weighted by Crippen LogP contribution is 2.41. The van der Waals surface area contributed by atoms with Gasteiger partial charge in [0.2, 0.25) is 0 Å². The lowest BCUT2D eigenvalue weighted by Crippen LogP contribution is -1.96. The fourth-order valence-electron chi connectivity index (χ4n) is 10.3. The third-order valence-corrected chi connectivity index (χ3v) is 13.3. The first-order valence-electron chi connectivity index (χ1n) is 22.1. The number of nitrogens with zero attached hydrogens (tertiary/aromatic N) is 2. The molecule has 298 valence electrons. The zero-order valence-corrected chi connectivity index (χ0v) is 35.0. The molecule has 0 bridgehead atoms. The van der Waals surface area contributed by atoms with Crippen LogP contribution < -0.4 is 0 Å². The normalized spacial score (nSPS) is 11.8. The summed E-state index contributed by atoms with van der Waals surface area (Å²) in [5, 5.41) is 11.4. The van der Waals surface area contributed by atoms with Crippen molar-refractivity contribution in [3.05, 3.63) is 243 Å². The van der Waals surface area contributed by atoms with E-state index in [2.05, 4.69) is 252 Å². The van der Waals surface area contributed by atoms with Crippen molar-refractivity contribution in [2.75, 3.05) is 0 Å². The molecule has 0 saturated carbocycles. The van der Waals surface area contributed by atoms with Crippen molar-refractivity contribution in [2.45, 2.75) is 0 Å². The lowest BCUT2D eigenvalue weighted by atomic mass is 9.90. The number of hydrogen-bond acceptors (Lipinski definition) is 0. The summed E-state index contributed by atoms with van der Waals surface area (Å²) in [7, 11) is 0. The summed E-state index contributed by atoms with van der Waals surface area (Å²) in [6, 6.07) is 86.7. The second-order valence-electron chi connectivity index (χ2n) is 16.9. The Labute approximate surface area is 371 Å². The highest BCUT2D eigenvalue weighted by Gasteiger charge is 2.18. The van der Waals surface area contributed by atoms with E-state index in [-0.39, 0.29) is 0 Å². The lowest BCUT2D eigenvalue weighted by molar-refractivity contribution is 1.13. The smallest absolute Gasteiger partial charge is 0.0635 e. The molecule has 0 unspecified atom stereocenters. The van der Waals surface area contributed by atoms with E-state index in [0.29, 0.717) is 0 Å². The molecule has 0 radical (unpaired) electrons. The summed E-state index contributed by atoms with van der Waals surface area (Å²) < 4.78 is 4.81. The Kier molecular flexibility index (Phi) is 8.25. The Bertz CT molecular complexity index is 3840. The second-order valence-corrected chi connectivity index (χ2v) is 16.9. The van der Waals surface area contributed by atoms with Crippen LogP contribution in [0.2, 0.25) is 0 Å². The van der Waals surface area contributed by atoms with E-state index >= 15 is 0 Å². The molecular weight excluding hydrogens is 773 g/mol. The van der Waals surface area contributed by atoms with Gasteiger partial charge in [0.15, 0.2) is 0 Å². The summed E-state index contributed by atoms with van der Waals surface area (Å²) >= 11 is 0. The molecule has 0 amide bonds.